The van der Waals surface area contributed by atoms with Crippen LogP contribution >= 0.6 is 0 Å². The third-order valence-corrected chi connectivity index (χ3v) is 4.30. The van der Waals surface area contributed by atoms with Gasteiger partial charge in [-0.25, -0.2) is 8.42 Å². The van der Waals surface area contributed by atoms with Crippen LogP contribution in [0.15, 0.2) is 0 Å². The van der Waals surface area contributed by atoms with Gasteiger partial charge < -0.3 is 5.32 Å². The minimum atomic E-state index is -3.14. The lowest BCUT2D eigenvalue weighted by Gasteiger charge is -2.52. The van der Waals surface area contributed by atoms with Gasteiger partial charge in [-0.05, 0) is 19.4 Å². The van der Waals surface area contributed by atoms with Crippen LogP contribution in [-0.2, 0) is 10.0 Å². The van der Waals surface area contributed by atoms with Crippen molar-refractivity contribution >= 4 is 10.0 Å². The molecule has 2 unspecified atom stereocenters. The number of hydrogen-bond donors (Lipinski definition) is 1. The molecule has 2 fully saturated rings. The Balaban J connectivity index is 2.21. The fourth-order valence-electron chi connectivity index (χ4n) is 2.37. The van der Waals surface area contributed by atoms with E-state index in [0.717, 1.165) is 19.4 Å². The van der Waals surface area contributed by atoms with Crippen molar-refractivity contribution in [2.45, 2.75) is 24.4 Å². The predicted molar refractivity (Wildman–Crippen MR) is 54.1 cm³/mol. The van der Waals surface area contributed by atoms with Crippen LogP contribution < -0.4 is 5.32 Å². The van der Waals surface area contributed by atoms with Gasteiger partial charge in [0.05, 0.1) is 11.8 Å². The largest absolute Gasteiger partial charge is 0.308 e. The first-order valence-electron chi connectivity index (χ1n) is 4.68. The van der Waals surface area contributed by atoms with Gasteiger partial charge in [-0.2, -0.15) is 4.31 Å². The van der Waals surface area contributed by atoms with E-state index in [1.165, 1.54) is 10.6 Å². The highest BCUT2D eigenvalue weighted by atomic mass is 32.2. The van der Waals surface area contributed by atoms with E-state index < -0.39 is 10.0 Å². The molecule has 0 bridgehead atoms. The van der Waals surface area contributed by atoms with Crippen molar-refractivity contribution < 1.29 is 8.42 Å². The van der Waals surface area contributed by atoms with E-state index in [1.54, 1.807) is 0 Å². The maximum atomic E-state index is 11.3. The molecular formula is C9H14N2O2S. The minimum Gasteiger partial charge on any atom is -0.308 e. The van der Waals surface area contributed by atoms with Gasteiger partial charge >= 0.3 is 0 Å². The maximum absolute atomic E-state index is 11.3. The lowest BCUT2D eigenvalue weighted by atomic mass is 9.81. The Morgan fingerprint density at radius 1 is 1.64 bits per heavy atom. The highest BCUT2D eigenvalue weighted by molar-refractivity contribution is 7.88. The zero-order valence-electron chi connectivity index (χ0n) is 8.16. The molecule has 1 N–H and O–H groups in total. The standard InChI is InChI=1S/C9H14N2O2S/c1-3-8-9(5-4-6-10-9)7-11(8)14(2,12)13/h1,8,10H,4-7H2,2H3. The number of sulfonamides is 1. The smallest absolute Gasteiger partial charge is 0.212 e. The van der Waals surface area contributed by atoms with Crippen LogP contribution in [0.1, 0.15) is 12.8 Å². The average molecular weight is 214 g/mol. The summed E-state index contributed by atoms with van der Waals surface area (Å²) in [6, 6.07) is -0.292. The summed E-state index contributed by atoms with van der Waals surface area (Å²) in [5.41, 5.74) is -0.127. The summed E-state index contributed by atoms with van der Waals surface area (Å²) in [6.07, 6.45) is 8.65. The molecule has 78 valence electrons. The molecule has 0 aromatic carbocycles. The molecule has 0 aromatic heterocycles. The van der Waals surface area contributed by atoms with Crippen LogP contribution in [0.5, 0.6) is 0 Å². The summed E-state index contributed by atoms with van der Waals surface area (Å²) in [7, 11) is -3.14. The second-order valence-electron chi connectivity index (χ2n) is 4.06. The van der Waals surface area contributed by atoms with Gasteiger partial charge in [0, 0.05) is 6.54 Å². The van der Waals surface area contributed by atoms with Gasteiger partial charge in [0.25, 0.3) is 0 Å². The Morgan fingerprint density at radius 3 is 2.79 bits per heavy atom. The average Bonchev–Trinajstić information content (AvgIpc) is 2.49. The van der Waals surface area contributed by atoms with Gasteiger partial charge in [0.2, 0.25) is 10.0 Å². The Morgan fingerprint density at radius 2 is 2.36 bits per heavy atom. The quantitative estimate of drug-likeness (QED) is 0.592. The van der Waals surface area contributed by atoms with Crippen molar-refractivity contribution in [2.75, 3.05) is 19.3 Å². The van der Waals surface area contributed by atoms with Crippen LogP contribution in [0.3, 0.4) is 0 Å². The zero-order valence-corrected chi connectivity index (χ0v) is 8.97. The first-order valence-corrected chi connectivity index (χ1v) is 6.52. The van der Waals surface area contributed by atoms with E-state index in [-0.39, 0.29) is 11.6 Å². The number of terminal acetylenes is 1. The van der Waals surface area contributed by atoms with Gasteiger partial charge in [0.15, 0.2) is 0 Å². The van der Waals surface area contributed by atoms with Gasteiger partial charge in [0.1, 0.15) is 6.04 Å². The summed E-state index contributed by atoms with van der Waals surface area (Å²) >= 11 is 0. The Labute approximate surface area is 84.7 Å². The van der Waals surface area contributed by atoms with Crippen molar-refractivity contribution in [3.05, 3.63) is 0 Å². The molecule has 2 rings (SSSR count). The molecule has 2 aliphatic heterocycles. The van der Waals surface area contributed by atoms with Crippen LogP contribution in [0, 0.1) is 12.3 Å². The Hall–Kier alpha value is -0.570. The summed E-state index contributed by atoms with van der Waals surface area (Å²) in [4.78, 5) is 0. The van der Waals surface area contributed by atoms with Gasteiger partial charge in [-0.15, -0.1) is 6.42 Å². The fourth-order valence-corrected chi connectivity index (χ4v) is 3.48. The van der Waals surface area contributed by atoms with Crippen molar-refractivity contribution in [2.24, 2.45) is 0 Å². The molecule has 0 aliphatic carbocycles. The van der Waals surface area contributed by atoms with Crippen molar-refractivity contribution in [1.29, 1.82) is 0 Å². The first-order chi connectivity index (χ1) is 6.49. The fraction of sp³-hybridized carbons (Fsp3) is 0.778. The highest BCUT2D eigenvalue weighted by Gasteiger charge is 2.56. The maximum Gasteiger partial charge on any atom is 0.212 e. The molecule has 0 saturated carbocycles. The van der Waals surface area contributed by atoms with Crippen LogP contribution in [0.4, 0.5) is 0 Å². The van der Waals surface area contributed by atoms with E-state index in [0.29, 0.717) is 6.54 Å². The molecule has 2 heterocycles. The number of hydrogen-bond acceptors (Lipinski definition) is 3. The molecule has 2 saturated heterocycles. The molecular weight excluding hydrogens is 200 g/mol. The van der Waals surface area contributed by atoms with Gasteiger partial charge in [-0.3, -0.25) is 0 Å². The van der Waals surface area contributed by atoms with E-state index in [4.69, 9.17) is 6.42 Å². The topological polar surface area (TPSA) is 49.4 Å². The third kappa shape index (κ3) is 1.26. The molecule has 14 heavy (non-hydrogen) atoms. The Bertz CT molecular complexity index is 376. The lowest BCUT2D eigenvalue weighted by molar-refractivity contribution is 0.0894. The molecule has 2 atom stereocenters. The van der Waals surface area contributed by atoms with E-state index in [1.807, 2.05) is 0 Å². The number of nitrogens with zero attached hydrogens (tertiary/aromatic N) is 1. The van der Waals surface area contributed by atoms with Crippen molar-refractivity contribution in [3.63, 3.8) is 0 Å². The molecule has 0 radical (unpaired) electrons. The second kappa shape index (κ2) is 2.96. The molecule has 4 nitrogen and oxygen atoms in total. The lowest BCUT2D eigenvalue weighted by Crippen LogP contribution is -2.74. The monoisotopic (exact) mass is 214 g/mol. The summed E-state index contributed by atoms with van der Waals surface area (Å²) in [6.45, 7) is 1.47. The number of nitrogens with one attached hydrogen (secondary N) is 1. The summed E-state index contributed by atoms with van der Waals surface area (Å²) in [5.74, 6) is 2.58. The number of rotatable bonds is 1. The first kappa shape index (κ1) is 9.97. The summed E-state index contributed by atoms with van der Waals surface area (Å²) < 4.78 is 24.0. The van der Waals surface area contributed by atoms with Crippen LogP contribution in [-0.4, -0.2) is 43.6 Å². The van der Waals surface area contributed by atoms with Crippen LogP contribution in [0.25, 0.3) is 0 Å². The van der Waals surface area contributed by atoms with Crippen molar-refractivity contribution in [1.82, 2.24) is 9.62 Å². The molecule has 0 amide bonds. The molecule has 5 heteroatoms. The van der Waals surface area contributed by atoms with Crippen LogP contribution in [0.2, 0.25) is 0 Å². The summed E-state index contributed by atoms with van der Waals surface area (Å²) in [5, 5.41) is 3.32. The minimum absolute atomic E-state index is 0.127. The molecule has 1 spiro atoms. The van der Waals surface area contributed by atoms with E-state index in [9.17, 15) is 8.42 Å². The predicted octanol–water partition coefficient (Wildman–Crippen LogP) is -0.614. The van der Waals surface area contributed by atoms with Gasteiger partial charge in [-0.1, -0.05) is 5.92 Å². The highest BCUT2D eigenvalue weighted by Crippen LogP contribution is 2.37. The van der Waals surface area contributed by atoms with E-state index >= 15 is 0 Å². The normalized spacial score (nSPS) is 38.1. The second-order valence-corrected chi connectivity index (χ2v) is 6.00. The zero-order chi connectivity index (χ0) is 10.4. The van der Waals surface area contributed by atoms with E-state index in [2.05, 4.69) is 11.2 Å². The third-order valence-electron chi connectivity index (χ3n) is 3.11. The SMILES string of the molecule is C#CC1N(S(C)(=O)=O)CC12CCCN2. The van der Waals surface area contributed by atoms with Crippen molar-refractivity contribution in [3.8, 4) is 12.3 Å². The Kier molecular flexibility index (Phi) is 2.11. The molecule has 0 aromatic rings. The molecule has 2 aliphatic rings.